The minimum absolute atomic E-state index is 0.0434. The molecule has 0 fully saturated rings. The third-order valence-corrected chi connectivity index (χ3v) is 11.5. The molecular weight excluding hydrogens is 605 g/mol. The van der Waals surface area contributed by atoms with Crippen LogP contribution in [0, 0.1) is 3.17 Å². The van der Waals surface area contributed by atoms with Crippen LogP contribution in [0.5, 0.6) is 0 Å². The summed E-state index contributed by atoms with van der Waals surface area (Å²) in [4.78, 5) is 0. The molecule has 0 atom stereocenters. The van der Waals surface area contributed by atoms with E-state index in [1.807, 2.05) is 0 Å². The van der Waals surface area contributed by atoms with Crippen molar-refractivity contribution in [2.24, 2.45) is 0 Å². The van der Waals surface area contributed by atoms with Gasteiger partial charge in [-0.15, -0.1) is 0 Å². The van der Waals surface area contributed by atoms with Crippen LogP contribution in [0.15, 0.2) is 24.3 Å². The molecule has 0 bridgehead atoms. The molecule has 2 heterocycles. The quantitative estimate of drug-likeness (QED) is 0.345. The Morgan fingerprint density at radius 1 is 0.750 bits per heavy atom. The number of hydrogen-bond acceptors (Lipinski definition) is 0. The maximum absolute atomic E-state index is 2.47. The van der Waals surface area contributed by atoms with Crippen molar-refractivity contribution < 1.29 is 0 Å². The fourth-order valence-electron chi connectivity index (χ4n) is 0.893. The zero-order valence-corrected chi connectivity index (χ0v) is 14.9. The van der Waals surface area contributed by atoms with Gasteiger partial charge in [-0.05, 0) is 0 Å². The summed E-state index contributed by atoms with van der Waals surface area (Å²) in [6.07, 6.45) is 0. The molecule has 0 N–H and O–H groups in total. The normalized spacial score (nSPS) is 10.5. The third-order valence-electron chi connectivity index (χ3n) is 1.39. The van der Waals surface area contributed by atoms with Gasteiger partial charge in [-0.2, -0.15) is 0 Å². The van der Waals surface area contributed by atoms with Gasteiger partial charge in [0.15, 0.2) is 0 Å². The summed E-state index contributed by atoms with van der Waals surface area (Å²) in [7, 11) is 0. The van der Waals surface area contributed by atoms with Crippen molar-refractivity contribution in [1.82, 2.24) is 0 Å². The summed E-state index contributed by atoms with van der Waals surface area (Å²) in [6, 6.07) is 9.25. The van der Waals surface area contributed by atoms with Gasteiger partial charge in [-0.25, -0.2) is 0 Å². The second-order valence-electron chi connectivity index (χ2n) is 2.21. The fraction of sp³-hybridized carbons (Fsp3) is 0. The topological polar surface area (TPSA) is 0 Å². The van der Waals surface area contributed by atoms with E-state index < -0.39 is 0 Å². The summed E-state index contributed by atoms with van der Waals surface area (Å²) in [5.74, 6) is 0. The van der Waals surface area contributed by atoms with E-state index in [9.17, 15) is 0 Å². The van der Waals surface area contributed by atoms with Crippen molar-refractivity contribution in [3.63, 3.8) is 0 Å². The first kappa shape index (κ1) is 10.5. The minimum atomic E-state index is 0.0434. The van der Waals surface area contributed by atoms with Crippen molar-refractivity contribution in [3.8, 4) is 7.16 Å². The Labute approximate surface area is 118 Å². The van der Waals surface area contributed by atoms with Crippen LogP contribution >= 0.6 is 45.2 Å². The van der Waals surface area contributed by atoms with E-state index in [1.54, 1.807) is 10.3 Å². The van der Waals surface area contributed by atoms with Gasteiger partial charge in [0.25, 0.3) is 0 Å². The van der Waals surface area contributed by atoms with Crippen LogP contribution in [-0.2, 0) is 0 Å². The zero-order valence-electron chi connectivity index (χ0n) is 5.88. The Kier molecular flexibility index (Phi) is 4.10. The molecule has 0 saturated heterocycles. The Morgan fingerprint density at radius 3 is 1.42 bits per heavy atom. The summed E-state index contributed by atoms with van der Waals surface area (Å²) < 4.78 is 6.58. The summed E-state index contributed by atoms with van der Waals surface area (Å²) in [5.41, 5.74) is 0. The first-order valence-corrected chi connectivity index (χ1v) is 10.1. The molecule has 0 aliphatic heterocycles. The maximum atomic E-state index is 2.47. The summed E-state index contributed by atoms with van der Waals surface area (Å²) in [6.45, 7) is 0. The van der Waals surface area contributed by atoms with Gasteiger partial charge >= 0.3 is 121 Å². The van der Waals surface area contributed by atoms with E-state index in [1.165, 1.54) is 0 Å². The van der Waals surface area contributed by atoms with Gasteiger partial charge in [-0.1, -0.05) is 0 Å². The molecule has 0 nitrogen and oxygen atoms in total. The molecule has 0 radical (unpaired) electrons. The van der Waals surface area contributed by atoms with Crippen LogP contribution in [0.2, 0.25) is 0 Å². The molecule has 0 saturated carbocycles. The summed E-state index contributed by atoms with van der Waals surface area (Å²) in [5, 5.41) is 0. The predicted octanol–water partition coefficient (Wildman–Crippen LogP) is 2.68. The van der Waals surface area contributed by atoms with Crippen LogP contribution in [0.1, 0.15) is 0 Å². The molecule has 2 aromatic heterocycles. The Morgan fingerprint density at radius 2 is 1.17 bits per heavy atom. The SMILES string of the molecule is Ic1ccc(-c2ccc(I)[te]2)[te]1. The molecule has 0 amide bonds. The van der Waals surface area contributed by atoms with E-state index in [0.717, 1.165) is 0 Å². The van der Waals surface area contributed by atoms with Crippen LogP contribution < -0.4 is 0 Å². The molecule has 2 rings (SSSR count). The van der Waals surface area contributed by atoms with Gasteiger partial charge in [0.2, 0.25) is 0 Å². The fourth-order valence-corrected chi connectivity index (χ4v) is 9.75. The van der Waals surface area contributed by atoms with E-state index in [-0.39, 0.29) is 40.9 Å². The molecule has 0 aliphatic carbocycles. The van der Waals surface area contributed by atoms with Crippen molar-refractivity contribution in [3.05, 3.63) is 27.4 Å². The van der Waals surface area contributed by atoms with Crippen LogP contribution in [0.25, 0.3) is 7.16 Å². The number of rotatable bonds is 1. The van der Waals surface area contributed by atoms with Gasteiger partial charge in [-0.3, -0.25) is 0 Å². The van der Waals surface area contributed by atoms with E-state index >= 15 is 0 Å². The first-order valence-electron chi connectivity index (χ1n) is 3.27. The molecule has 0 unspecified atom stereocenters. The Hall–Kier alpha value is 2.00. The van der Waals surface area contributed by atoms with Gasteiger partial charge in [0, 0.05) is 0 Å². The van der Waals surface area contributed by atoms with Gasteiger partial charge in [0.05, 0.1) is 0 Å². The molecule has 2 aromatic rings. The third kappa shape index (κ3) is 2.52. The van der Waals surface area contributed by atoms with Crippen molar-refractivity contribution >= 4 is 86.0 Å². The molecule has 62 valence electrons. The molecule has 12 heavy (non-hydrogen) atoms. The molecule has 0 aliphatic rings. The number of hydrogen-bond donors (Lipinski definition) is 0. The monoisotopic (exact) mass is 614 g/mol. The van der Waals surface area contributed by atoms with Crippen molar-refractivity contribution in [1.29, 1.82) is 0 Å². The van der Waals surface area contributed by atoms with Crippen molar-refractivity contribution in [2.45, 2.75) is 0 Å². The first-order chi connectivity index (χ1) is 5.75. The standard InChI is InChI=1S/C8H4I2Te2/c9-7-3-1-5(11-7)6-2-4-8(10)12-6/h1-4H. The van der Waals surface area contributed by atoms with Crippen LogP contribution in [0.4, 0.5) is 0 Å². The average molecular weight is 609 g/mol. The second-order valence-corrected chi connectivity index (χ2v) is 15.3. The average Bonchev–Trinajstić information content (AvgIpc) is 2.58. The Bertz CT molecular complexity index is 351. The molecule has 0 spiro atoms. The molecule has 0 aromatic carbocycles. The predicted molar refractivity (Wildman–Crippen MR) is 71.2 cm³/mol. The van der Waals surface area contributed by atoms with E-state index in [2.05, 4.69) is 69.4 Å². The van der Waals surface area contributed by atoms with Crippen LogP contribution in [-0.4, -0.2) is 40.9 Å². The van der Waals surface area contributed by atoms with Crippen LogP contribution in [0.3, 0.4) is 0 Å². The molecular formula is C8H4I2Te2. The van der Waals surface area contributed by atoms with Crippen molar-refractivity contribution in [2.75, 3.05) is 0 Å². The zero-order chi connectivity index (χ0) is 8.55. The van der Waals surface area contributed by atoms with E-state index in [0.29, 0.717) is 0 Å². The van der Waals surface area contributed by atoms with E-state index in [4.69, 9.17) is 0 Å². The van der Waals surface area contributed by atoms with Gasteiger partial charge < -0.3 is 0 Å². The van der Waals surface area contributed by atoms with Gasteiger partial charge in [0.1, 0.15) is 0 Å². The second kappa shape index (κ2) is 4.68. The summed E-state index contributed by atoms with van der Waals surface area (Å²) >= 11 is 5.03. The Balaban J connectivity index is 2.43. The molecule has 4 heteroatoms. The number of halogens is 2.